The minimum Gasteiger partial charge on any atom is -0.463 e. The number of nitrogens with one attached hydrogen (secondary N) is 1. The molecule has 1 aromatic carbocycles. The van der Waals surface area contributed by atoms with Crippen LogP contribution in [0, 0.1) is 0 Å². The van der Waals surface area contributed by atoms with Crippen molar-refractivity contribution >= 4 is 43.7 Å². The molecular weight excluding hydrogens is 454 g/mol. The summed E-state index contributed by atoms with van der Waals surface area (Å²) in [5, 5.41) is 6.68. The van der Waals surface area contributed by atoms with Crippen molar-refractivity contribution in [1.29, 1.82) is 0 Å². The molecule has 0 saturated heterocycles. The van der Waals surface area contributed by atoms with E-state index in [9.17, 15) is 13.2 Å². The number of amides is 1. The molecule has 0 radical (unpaired) electrons. The lowest BCUT2D eigenvalue weighted by Crippen LogP contribution is -2.50. The highest BCUT2D eigenvalue weighted by Crippen LogP contribution is 2.32. The van der Waals surface area contributed by atoms with Crippen LogP contribution in [0.5, 0.6) is 0 Å². The molecule has 5 rings (SSSR count). The number of nitrogens with zero attached hydrogens (tertiary/aromatic N) is 2. The van der Waals surface area contributed by atoms with E-state index in [0.29, 0.717) is 23.0 Å². The van der Waals surface area contributed by atoms with Crippen molar-refractivity contribution in [3.05, 3.63) is 76.7 Å². The van der Waals surface area contributed by atoms with Crippen LogP contribution in [0.4, 0.5) is 5.13 Å². The molecule has 0 unspecified atom stereocenters. The fourth-order valence-corrected chi connectivity index (χ4v) is 6.95. The van der Waals surface area contributed by atoms with Gasteiger partial charge in [-0.3, -0.25) is 4.79 Å². The third-order valence-electron chi connectivity index (χ3n) is 5.07. The summed E-state index contributed by atoms with van der Waals surface area (Å²) in [7, 11) is -3.82. The van der Waals surface area contributed by atoms with Gasteiger partial charge in [-0.1, -0.05) is 30.3 Å². The number of anilines is 1. The summed E-state index contributed by atoms with van der Waals surface area (Å²) in [6.07, 6.45) is 1.85. The maximum absolute atomic E-state index is 13.3. The molecule has 10 heteroatoms. The maximum atomic E-state index is 13.3. The first-order valence-electron chi connectivity index (χ1n) is 9.45. The number of thiophene rings is 1. The summed E-state index contributed by atoms with van der Waals surface area (Å²) in [5.74, 6) is 0.195. The van der Waals surface area contributed by atoms with Crippen molar-refractivity contribution in [3.8, 4) is 11.5 Å². The Balaban J connectivity index is 1.45. The lowest BCUT2D eigenvalue weighted by molar-refractivity contribution is -0.120. The van der Waals surface area contributed by atoms with Gasteiger partial charge in [-0.2, -0.15) is 4.31 Å². The van der Waals surface area contributed by atoms with E-state index in [1.165, 1.54) is 15.6 Å². The third kappa shape index (κ3) is 3.83. The first-order chi connectivity index (χ1) is 15.0. The average molecular weight is 472 g/mol. The van der Waals surface area contributed by atoms with Crippen molar-refractivity contribution < 1.29 is 17.6 Å². The van der Waals surface area contributed by atoms with E-state index in [4.69, 9.17) is 4.42 Å². The number of benzene rings is 1. The molecule has 1 N–H and O–H groups in total. The zero-order valence-corrected chi connectivity index (χ0v) is 18.5. The van der Waals surface area contributed by atoms with Gasteiger partial charge in [-0.15, -0.1) is 22.7 Å². The molecule has 0 saturated carbocycles. The molecule has 1 amide bonds. The molecule has 0 fully saturated rings. The minimum absolute atomic E-state index is 0.143. The summed E-state index contributed by atoms with van der Waals surface area (Å²) < 4.78 is 33.5. The number of carbonyl (C=O) groups is 1. The second kappa shape index (κ2) is 8.04. The minimum atomic E-state index is -3.82. The van der Waals surface area contributed by atoms with E-state index in [2.05, 4.69) is 10.3 Å². The summed E-state index contributed by atoms with van der Waals surface area (Å²) in [6.45, 7) is 0.143. The fourth-order valence-electron chi connectivity index (χ4n) is 3.56. The topological polar surface area (TPSA) is 92.5 Å². The second-order valence-electron chi connectivity index (χ2n) is 6.98. The Morgan fingerprint density at radius 2 is 1.94 bits per heavy atom. The number of sulfonamides is 1. The Kier molecular flexibility index (Phi) is 5.22. The van der Waals surface area contributed by atoms with Crippen LogP contribution in [-0.4, -0.2) is 29.7 Å². The van der Waals surface area contributed by atoms with Crippen LogP contribution in [0.3, 0.4) is 0 Å². The van der Waals surface area contributed by atoms with E-state index in [1.807, 2.05) is 24.3 Å². The Morgan fingerprint density at radius 1 is 1.10 bits per heavy atom. The first-order valence-corrected chi connectivity index (χ1v) is 12.6. The van der Waals surface area contributed by atoms with Gasteiger partial charge in [-0.05, 0) is 41.1 Å². The van der Waals surface area contributed by atoms with E-state index in [0.717, 1.165) is 22.5 Å². The van der Waals surface area contributed by atoms with Gasteiger partial charge >= 0.3 is 0 Å². The van der Waals surface area contributed by atoms with Gasteiger partial charge in [0.1, 0.15) is 15.9 Å². The summed E-state index contributed by atoms with van der Waals surface area (Å²) in [4.78, 5) is 17.6. The van der Waals surface area contributed by atoms with E-state index in [-0.39, 0.29) is 10.8 Å². The van der Waals surface area contributed by atoms with Gasteiger partial charge in [0.15, 0.2) is 10.9 Å². The highest BCUT2D eigenvalue weighted by Gasteiger charge is 2.40. The molecule has 0 bridgehead atoms. The first kappa shape index (κ1) is 20.1. The van der Waals surface area contributed by atoms with Crippen LogP contribution in [-0.2, 0) is 27.8 Å². The predicted molar refractivity (Wildman–Crippen MR) is 119 cm³/mol. The van der Waals surface area contributed by atoms with Crippen molar-refractivity contribution in [2.75, 3.05) is 5.32 Å². The molecule has 1 aliphatic heterocycles. The number of furan rings is 1. The van der Waals surface area contributed by atoms with Gasteiger partial charge in [-0.25, -0.2) is 13.4 Å². The van der Waals surface area contributed by atoms with Crippen LogP contribution in [0.1, 0.15) is 11.1 Å². The quantitative estimate of drug-likeness (QED) is 0.471. The van der Waals surface area contributed by atoms with E-state index >= 15 is 0 Å². The van der Waals surface area contributed by atoms with Crippen LogP contribution < -0.4 is 5.32 Å². The van der Waals surface area contributed by atoms with Gasteiger partial charge in [0.2, 0.25) is 5.91 Å². The molecule has 0 aliphatic carbocycles. The Bertz CT molecular complexity index is 1310. The predicted octanol–water partition coefficient (Wildman–Crippen LogP) is 4.22. The van der Waals surface area contributed by atoms with Gasteiger partial charge in [0.05, 0.1) is 6.26 Å². The Hall–Kier alpha value is -2.79. The van der Waals surface area contributed by atoms with Crippen molar-refractivity contribution in [1.82, 2.24) is 9.29 Å². The number of carbonyl (C=O) groups excluding carboxylic acids is 1. The van der Waals surface area contributed by atoms with Crippen LogP contribution in [0.15, 0.2) is 74.2 Å². The summed E-state index contributed by atoms with van der Waals surface area (Å²) in [5.41, 5.74) is 2.49. The smallest absolute Gasteiger partial charge is 0.253 e. The molecule has 1 atom stereocenters. The Labute approximate surface area is 187 Å². The van der Waals surface area contributed by atoms with Crippen molar-refractivity contribution in [3.63, 3.8) is 0 Å². The van der Waals surface area contributed by atoms with Gasteiger partial charge in [0.25, 0.3) is 10.0 Å². The highest BCUT2D eigenvalue weighted by molar-refractivity contribution is 7.91. The van der Waals surface area contributed by atoms with Crippen LogP contribution >= 0.6 is 22.7 Å². The zero-order valence-electron chi connectivity index (χ0n) is 16.1. The molecule has 4 heterocycles. The number of thiazole rings is 1. The van der Waals surface area contributed by atoms with Crippen LogP contribution in [0.25, 0.3) is 11.5 Å². The monoisotopic (exact) mass is 471 g/mol. The van der Waals surface area contributed by atoms with Crippen molar-refractivity contribution in [2.24, 2.45) is 0 Å². The normalized spacial score (nSPS) is 16.7. The lowest BCUT2D eigenvalue weighted by Gasteiger charge is -2.34. The Morgan fingerprint density at radius 3 is 2.68 bits per heavy atom. The van der Waals surface area contributed by atoms with Gasteiger partial charge < -0.3 is 9.73 Å². The average Bonchev–Trinajstić information content (AvgIpc) is 3.55. The maximum Gasteiger partial charge on any atom is 0.253 e. The number of fused-ring (bicyclic) bond motifs is 1. The molecular formula is C21H17N3O4S3. The largest absolute Gasteiger partial charge is 0.463 e. The fraction of sp³-hybridized carbons (Fsp3) is 0.143. The molecule has 158 valence electrons. The standard InChI is InChI=1S/C21H17N3O4S3/c25-20(23-21-22-16(13-30-21)18-7-3-9-28-18)17-11-14-5-1-2-6-15(14)12-24(17)31(26,27)19-8-4-10-29-19/h1-10,13,17H,11-12H2,(H,22,23,25)/t17-/m0/s1. The zero-order chi connectivity index (χ0) is 21.4. The summed E-state index contributed by atoms with van der Waals surface area (Å²) in [6, 6.07) is 13.5. The highest BCUT2D eigenvalue weighted by atomic mass is 32.2. The molecule has 0 spiro atoms. The molecule has 1 aliphatic rings. The SMILES string of the molecule is O=C(Nc1nc(-c2ccco2)cs1)[C@@H]1Cc2ccccc2CN1S(=O)(=O)c1cccs1. The van der Waals surface area contributed by atoms with E-state index in [1.54, 1.807) is 41.3 Å². The number of hydrogen-bond donors (Lipinski definition) is 1. The summed E-state index contributed by atoms with van der Waals surface area (Å²) >= 11 is 2.41. The van der Waals surface area contributed by atoms with Crippen molar-refractivity contribution in [2.45, 2.75) is 23.2 Å². The molecule has 7 nitrogen and oxygen atoms in total. The van der Waals surface area contributed by atoms with E-state index < -0.39 is 22.0 Å². The molecule has 4 aromatic rings. The van der Waals surface area contributed by atoms with Crippen LogP contribution in [0.2, 0.25) is 0 Å². The number of hydrogen-bond acceptors (Lipinski definition) is 7. The number of rotatable bonds is 5. The van der Waals surface area contributed by atoms with Gasteiger partial charge in [0, 0.05) is 11.9 Å². The molecule has 31 heavy (non-hydrogen) atoms. The molecule has 3 aromatic heterocycles. The second-order valence-corrected chi connectivity index (χ2v) is 10.9. The lowest BCUT2D eigenvalue weighted by atomic mass is 9.95. The third-order valence-corrected chi connectivity index (χ3v) is 9.06. The number of aromatic nitrogens is 1.